The Labute approximate surface area is 154 Å². The summed E-state index contributed by atoms with van der Waals surface area (Å²) in [5, 5.41) is 2.79. The summed E-state index contributed by atoms with van der Waals surface area (Å²) >= 11 is 0. The summed E-state index contributed by atoms with van der Waals surface area (Å²) in [5.74, 6) is -0.909. The van der Waals surface area contributed by atoms with Crippen LogP contribution in [0.4, 0.5) is 4.39 Å². The third kappa shape index (κ3) is 5.16. The molecule has 0 saturated carbocycles. The number of likely N-dealkylation sites (tertiary alicyclic amines) is 1. The molecule has 140 valence electrons. The first-order valence-electron chi connectivity index (χ1n) is 8.31. The molecular weight excluding hydrogens is 345 g/mol. The van der Waals surface area contributed by atoms with Crippen molar-refractivity contribution in [3.8, 4) is 0 Å². The second kappa shape index (κ2) is 8.63. The van der Waals surface area contributed by atoms with Gasteiger partial charge in [0.25, 0.3) is 5.91 Å². The lowest BCUT2D eigenvalue weighted by molar-refractivity contribution is -0.133. The van der Waals surface area contributed by atoms with Crippen LogP contribution in [0.3, 0.4) is 0 Å². The van der Waals surface area contributed by atoms with E-state index in [9.17, 15) is 14.0 Å². The largest absolute Gasteiger partial charge is 0.340 e. The van der Waals surface area contributed by atoms with E-state index in [0.717, 1.165) is 6.42 Å². The molecule has 2 unspecified atom stereocenters. The van der Waals surface area contributed by atoms with Crippen LogP contribution in [-0.2, 0) is 4.79 Å². The fourth-order valence-corrected chi connectivity index (χ4v) is 2.91. The quantitative estimate of drug-likeness (QED) is 0.833. The Morgan fingerprint density at radius 1 is 1.32 bits per heavy atom. The van der Waals surface area contributed by atoms with Gasteiger partial charge >= 0.3 is 0 Å². The van der Waals surface area contributed by atoms with Crippen LogP contribution in [0.2, 0.25) is 0 Å². The van der Waals surface area contributed by atoms with E-state index in [2.05, 4.69) is 12.2 Å². The minimum atomic E-state index is -0.609. The molecule has 1 heterocycles. The van der Waals surface area contributed by atoms with Gasteiger partial charge in [-0.3, -0.25) is 9.59 Å². The Balaban J connectivity index is 0.00000312. The Bertz CT molecular complexity index is 609. The normalized spacial score (nSPS) is 21.0. The first-order chi connectivity index (χ1) is 11.3. The lowest BCUT2D eigenvalue weighted by Crippen LogP contribution is -2.51. The number of carbonyl (C=O) groups is 2. The smallest absolute Gasteiger partial charge is 0.251 e. The first-order valence-corrected chi connectivity index (χ1v) is 8.31. The molecule has 0 radical (unpaired) electrons. The van der Waals surface area contributed by atoms with E-state index in [1.165, 1.54) is 24.3 Å². The summed E-state index contributed by atoms with van der Waals surface area (Å²) in [6, 6.07) is 4.67. The topological polar surface area (TPSA) is 75.4 Å². The van der Waals surface area contributed by atoms with E-state index in [4.69, 9.17) is 5.73 Å². The molecule has 1 saturated heterocycles. The molecule has 2 atom stereocenters. The van der Waals surface area contributed by atoms with Gasteiger partial charge in [0.15, 0.2) is 0 Å². The van der Waals surface area contributed by atoms with Crippen molar-refractivity contribution in [1.82, 2.24) is 10.2 Å². The molecule has 25 heavy (non-hydrogen) atoms. The highest BCUT2D eigenvalue weighted by molar-refractivity contribution is 5.97. The zero-order valence-electron chi connectivity index (χ0n) is 14.9. The first kappa shape index (κ1) is 21.4. The van der Waals surface area contributed by atoms with Gasteiger partial charge in [-0.15, -0.1) is 12.4 Å². The van der Waals surface area contributed by atoms with Crippen LogP contribution in [0.25, 0.3) is 0 Å². The van der Waals surface area contributed by atoms with E-state index in [1.54, 1.807) is 4.90 Å². The van der Waals surface area contributed by atoms with Gasteiger partial charge in [-0.2, -0.15) is 0 Å². The monoisotopic (exact) mass is 371 g/mol. The molecule has 2 amide bonds. The van der Waals surface area contributed by atoms with Gasteiger partial charge in [0, 0.05) is 18.7 Å². The highest BCUT2D eigenvalue weighted by Crippen LogP contribution is 2.29. The van der Waals surface area contributed by atoms with Gasteiger partial charge in [-0.25, -0.2) is 4.39 Å². The minimum absolute atomic E-state index is 0. The standard InChI is InChI=1S/C18H26FN3O2.ClH/c1-12(2)15(17(24)22-9-8-18(3,10-20)11-22)21-16(23)13-4-6-14(19)7-5-13;/h4-7,12,15H,8-11,20H2,1-3H3,(H,21,23);1H. The van der Waals surface area contributed by atoms with Crippen LogP contribution >= 0.6 is 12.4 Å². The molecule has 7 heteroatoms. The van der Waals surface area contributed by atoms with Crippen molar-refractivity contribution < 1.29 is 14.0 Å². The van der Waals surface area contributed by atoms with Crippen LogP contribution in [0.1, 0.15) is 37.6 Å². The summed E-state index contributed by atoms with van der Waals surface area (Å²) in [5.41, 5.74) is 6.08. The Hall–Kier alpha value is -1.66. The number of halogens is 2. The molecule has 2 rings (SSSR count). The predicted molar refractivity (Wildman–Crippen MR) is 98.1 cm³/mol. The summed E-state index contributed by atoms with van der Waals surface area (Å²) in [7, 11) is 0. The SMILES string of the molecule is CC(C)C(NC(=O)c1ccc(F)cc1)C(=O)N1CCC(C)(CN)C1.Cl. The highest BCUT2D eigenvalue weighted by Gasteiger charge is 2.38. The van der Waals surface area contributed by atoms with Crippen molar-refractivity contribution in [2.45, 2.75) is 33.2 Å². The summed E-state index contributed by atoms with van der Waals surface area (Å²) < 4.78 is 13.0. The van der Waals surface area contributed by atoms with Crippen LogP contribution in [0, 0.1) is 17.2 Å². The van der Waals surface area contributed by atoms with Crippen molar-refractivity contribution in [3.63, 3.8) is 0 Å². The number of hydrogen-bond acceptors (Lipinski definition) is 3. The molecule has 0 aliphatic carbocycles. The number of nitrogens with zero attached hydrogens (tertiary/aromatic N) is 1. The summed E-state index contributed by atoms with van der Waals surface area (Å²) in [6.45, 7) is 7.66. The van der Waals surface area contributed by atoms with Crippen LogP contribution in [0.15, 0.2) is 24.3 Å². The number of amides is 2. The lowest BCUT2D eigenvalue weighted by Gasteiger charge is -2.28. The van der Waals surface area contributed by atoms with E-state index < -0.39 is 11.9 Å². The van der Waals surface area contributed by atoms with E-state index in [-0.39, 0.29) is 35.6 Å². The third-order valence-corrected chi connectivity index (χ3v) is 4.69. The zero-order chi connectivity index (χ0) is 17.9. The molecule has 0 bridgehead atoms. The average Bonchev–Trinajstić information content (AvgIpc) is 2.95. The molecule has 1 aromatic rings. The van der Waals surface area contributed by atoms with Crippen molar-refractivity contribution in [2.24, 2.45) is 17.1 Å². The maximum Gasteiger partial charge on any atom is 0.251 e. The maximum atomic E-state index is 13.0. The van der Waals surface area contributed by atoms with E-state index in [1.807, 2.05) is 13.8 Å². The van der Waals surface area contributed by atoms with Gasteiger partial charge in [-0.1, -0.05) is 20.8 Å². The third-order valence-electron chi connectivity index (χ3n) is 4.69. The maximum absolute atomic E-state index is 13.0. The Kier molecular flexibility index (Phi) is 7.38. The Morgan fingerprint density at radius 3 is 2.40 bits per heavy atom. The second-order valence-electron chi connectivity index (χ2n) is 7.23. The fourth-order valence-electron chi connectivity index (χ4n) is 2.91. The van der Waals surface area contributed by atoms with Crippen molar-refractivity contribution in [3.05, 3.63) is 35.6 Å². The zero-order valence-corrected chi connectivity index (χ0v) is 15.7. The predicted octanol–water partition coefficient (Wildman–Crippen LogP) is 2.20. The van der Waals surface area contributed by atoms with Gasteiger partial charge in [0.05, 0.1) is 0 Å². The molecule has 0 spiro atoms. The van der Waals surface area contributed by atoms with Crippen LogP contribution in [0.5, 0.6) is 0 Å². The summed E-state index contributed by atoms with van der Waals surface area (Å²) in [6.07, 6.45) is 0.867. The van der Waals surface area contributed by atoms with Crippen molar-refractivity contribution in [2.75, 3.05) is 19.6 Å². The molecule has 1 fully saturated rings. The fraction of sp³-hybridized carbons (Fsp3) is 0.556. The van der Waals surface area contributed by atoms with Crippen LogP contribution < -0.4 is 11.1 Å². The van der Waals surface area contributed by atoms with E-state index >= 15 is 0 Å². The average molecular weight is 372 g/mol. The molecule has 1 aliphatic rings. The molecule has 5 nitrogen and oxygen atoms in total. The van der Waals surface area contributed by atoms with Gasteiger partial charge < -0.3 is 16.0 Å². The summed E-state index contributed by atoms with van der Waals surface area (Å²) in [4.78, 5) is 27.0. The minimum Gasteiger partial charge on any atom is -0.340 e. The number of benzene rings is 1. The molecule has 1 aromatic carbocycles. The number of rotatable bonds is 5. The molecular formula is C18H27ClFN3O2. The Morgan fingerprint density at radius 2 is 1.92 bits per heavy atom. The van der Waals surface area contributed by atoms with Crippen molar-refractivity contribution >= 4 is 24.2 Å². The van der Waals surface area contributed by atoms with E-state index in [0.29, 0.717) is 25.2 Å². The number of nitrogens with one attached hydrogen (secondary N) is 1. The number of carbonyl (C=O) groups excluding carboxylic acids is 2. The number of hydrogen-bond donors (Lipinski definition) is 2. The number of nitrogens with two attached hydrogens (primary N) is 1. The lowest BCUT2D eigenvalue weighted by atomic mass is 9.90. The molecule has 0 aromatic heterocycles. The van der Waals surface area contributed by atoms with Gasteiger partial charge in [0.1, 0.15) is 11.9 Å². The van der Waals surface area contributed by atoms with Crippen molar-refractivity contribution in [1.29, 1.82) is 0 Å². The highest BCUT2D eigenvalue weighted by atomic mass is 35.5. The van der Waals surface area contributed by atoms with Gasteiger partial charge in [0.2, 0.25) is 5.91 Å². The van der Waals surface area contributed by atoms with Gasteiger partial charge in [-0.05, 0) is 48.6 Å². The second-order valence-corrected chi connectivity index (χ2v) is 7.23. The molecule has 3 N–H and O–H groups in total. The van der Waals surface area contributed by atoms with Crippen LogP contribution in [-0.4, -0.2) is 42.4 Å². The molecule has 1 aliphatic heterocycles.